The van der Waals surface area contributed by atoms with Crippen molar-refractivity contribution in [3.05, 3.63) is 35.9 Å². The summed E-state index contributed by atoms with van der Waals surface area (Å²) in [5.41, 5.74) is 0.166. The normalized spacial score (nSPS) is 28.3. The second kappa shape index (κ2) is 10.9. The SMILES string of the molecule is C=CCOC(=O)C1=C(SC2CC(C(=O)N(C)C)N(C(=O)OCC=C)C2)C(C)C2C(C(C)O)C(=O)N12. The molecule has 0 aromatic rings. The van der Waals surface area contributed by atoms with Crippen LogP contribution in [-0.2, 0) is 23.9 Å². The highest BCUT2D eigenvalue weighted by atomic mass is 32.2. The molecule has 0 aromatic heterocycles. The first-order valence-electron chi connectivity index (χ1n) is 11.5. The van der Waals surface area contributed by atoms with Crippen LogP contribution < -0.4 is 0 Å². The molecule has 3 rings (SSSR count). The number of nitrogens with zero attached hydrogens (tertiary/aromatic N) is 3. The van der Waals surface area contributed by atoms with Gasteiger partial charge in [-0.05, 0) is 13.3 Å². The Bertz CT molecular complexity index is 947. The van der Waals surface area contributed by atoms with Gasteiger partial charge in [-0.2, -0.15) is 0 Å². The molecule has 6 unspecified atom stereocenters. The highest BCUT2D eigenvalue weighted by Gasteiger charge is 2.60. The topological polar surface area (TPSA) is 117 Å². The second-order valence-electron chi connectivity index (χ2n) is 9.10. The number of amides is 3. The number of rotatable bonds is 9. The van der Waals surface area contributed by atoms with Crippen molar-refractivity contribution >= 4 is 35.6 Å². The van der Waals surface area contributed by atoms with E-state index in [1.165, 1.54) is 38.6 Å². The number of fused-ring (bicyclic) bond motifs is 1. The summed E-state index contributed by atoms with van der Waals surface area (Å²) in [7, 11) is 3.25. The maximum atomic E-state index is 12.9. The number of hydrogen-bond acceptors (Lipinski definition) is 8. The van der Waals surface area contributed by atoms with Crippen molar-refractivity contribution in [3.63, 3.8) is 0 Å². The van der Waals surface area contributed by atoms with Gasteiger partial charge in [-0.15, -0.1) is 11.8 Å². The fourth-order valence-corrected chi connectivity index (χ4v) is 6.40. The highest BCUT2D eigenvalue weighted by molar-refractivity contribution is 8.03. The Hall–Kier alpha value is -2.79. The molecule has 0 radical (unpaired) electrons. The smallest absolute Gasteiger partial charge is 0.410 e. The maximum Gasteiger partial charge on any atom is 0.410 e. The molecule has 0 spiro atoms. The minimum Gasteiger partial charge on any atom is -0.457 e. The molecule has 3 aliphatic heterocycles. The van der Waals surface area contributed by atoms with Crippen molar-refractivity contribution in [2.75, 3.05) is 33.9 Å². The summed E-state index contributed by atoms with van der Waals surface area (Å²) < 4.78 is 10.5. The zero-order chi connectivity index (χ0) is 26.0. The van der Waals surface area contributed by atoms with E-state index in [9.17, 15) is 24.3 Å². The molecule has 3 amide bonds. The number of esters is 1. The molecule has 0 saturated carbocycles. The maximum absolute atomic E-state index is 12.9. The van der Waals surface area contributed by atoms with E-state index in [0.717, 1.165) is 0 Å². The third-order valence-electron chi connectivity index (χ3n) is 6.48. The van der Waals surface area contributed by atoms with E-state index in [4.69, 9.17) is 9.47 Å². The monoisotopic (exact) mass is 507 g/mol. The Morgan fingerprint density at radius 3 is 2.43 bits per heavy atom. The summed E-state index contributed by atoms with van der Waals surface area (Å²) in [6.07, 6.45) is 1.78. The lowest BCUT2D eigenvalue weighted by atomic mass is 9.79. The van der Waals surface area contributed by atoms with Crippen molar-refractivity contribution in [1.82, 2.24) is 14.7 Å². The van der Waals surface area contributed by atoms with Crippen LogP contribution in [0.2, 0.25) is 0 Å². The van der Waals surface area contributed by atoms with Gasteiger partial charge >= 0.3 is 12.1 Å². The minimum atomic E-state index is -0.857. The van der Waals surface area contributed by atoms with E-state index in [1.807, 2.05) is 6.92 Å². The molecule has 3 heterocycles. The predicted octanol–water partition coefficient (Wildman–Crippen LogP) is 1.37. The van der Waals surface area contributed by atoms with E-state index < -0.39 is 30.1 Å². The molecular formula is C24H33N3O7S. The van der Waals surface area contributed by atoms with Gasteiger partial charge in [0.25, 0.3) is 0 Å². The van der Waals surface area contributed by atoms with Gasteiger partial charge in [-0.25, -0.2) is 9.59 Å². The largest absolute Gasteiger partial charge is 0.457 e. The second-order valence-corrected chi connectivity index (χ2v) is 10.4. The first-order valence-corrected chi connectivity index (χ1v) is 12.4. The Morgan fingerprint density at radius 1 is 1.23 bits per heavy atom. The van der Waals surface area contributed by atoms with Crippen molar-refractivity contribution in [3.8, 4) is 0 Å². The van der Waals surface area contributed by atoms with Crippen LogP contribution in [0.1, 0.15) is 20.3 Å². The third-order valence-corrected chi connectivity index (χ3v) is 7.97. The molecule has 0 bridgehead atoms. The fourth-order valence-electron chi connectivity index (χ4n) is 4.88. The number of likely N-dealkylation sites (N-methyl/N-ethyl adjacent to an activating group) is 1. The molecule has 0 aliphatic carbocycles. The quantitative estimate of drug-likeness (QED) is 0.283. The number of carbonyl (C=O) groups excluding carboxylic acids is 4. The number of aliphatic hydroxyl groups is 1. The van der Waals surface area contributed by atoms with Crippen LogP contribution in [0.15, 0.2) is 35.9 Å². The molecule has 2 saturated heterocycles. The Morgan fingerprint density at radius 2 is 1.86 bits per heavy atom. The number of aliphatic hydroxyl groups excluding tert-OH is 1. The molecule has 192 valence electrons. The van der Waals surface area contributed by atoms with Gasteiger partial charge in [0.1, 0.15) is 25.0 Å². The van der Waals surface area contributed by atoms with Gasteiger partial charge in [0.15, 0.2) is 0 Å². The standard InChI is InChI=1S/C24H33N3O7S/c1-7-9-33-23(31)19-20(13(3)18-17(14(4)28)22(30)27(18)19)35-15-11-16(21(29)25(5)6)26(12-15)24(32)34-10-8-2/h7-8,13-18,28H,1-2,9-12H2,3-6H3. The van der Waals surface area contributed by atoms with Gasteiger partial charge in [-0.1, -0.05) is 32.2 Å². The zero-order valence-electron chi connectivity index (χ0n) is 20.5. The van der Waals surface area contributed by atoms with Crippen LogP contribution in [0.5, 0.6) is 0 Å². The van der Waals surface area contributed by atoms with E-state index in [-0.39, 0.29) is 54.5 Å². The van der Waals surface area contributed by atoms with Crippen LogP contribution >= 0.6 is 11.8 Å². The number of thioether (sulfide) groups is 1. The van der Waals surface area contributed by atoms with E-state index in [2.05, 4.69) is 13.2 Å². The Kier molecular flexibility index (Phi) is 8.32. The van der Waals surface area contributed by atoms with E-state index >= 15 is 0 Å². The van der Waals surface area contributed by atoms with E-state index in [1.54, 1.807) is 21.0 Å². The van der Waals surface area contributed by atoms with Crippen LogP contribution in [0.3, 0.4) is 0 Å². The predicted molar refractivity (Wildman–Crippen MR) is 130 cm³/mol. The average Bonchev–Trinajstić information content (AvgIpc) is 3.33. The lowest BCUT2D eigenvalue weighted by Crippen LogP contribution is -2.63. The van der Waals surface area contributed by atoms with Crippen LogP contribution in [0, 0.1) is 11.8 Å². The van der Waals surface area contributed by atoms with Crippen molar-refractivity contribution in [2.45, 2.75) is 43.7 Å². The zero-order valence-corrected chi connectivity index (χ0v) is 21.3. The van der Waals surface area contributed by atoms with Crippen molar-refractivity contribution in [1.29, 1.82) is 0 Å². The summed E-state index contributed by atoms with van der Waals surface area (Å²) in [4.78, 5) is 56.2. The lowest BCUT2D eigenvalue weighted by molar-refractivity contribution is -0.164. The summed E-state index contributed by atoms with van der Waals surface area (Å²) >= 11 is 1.37. The van der Waals surface area contributed by atoms with Gasteiger partial charge in [0.2, 0.25) is 11.8 Å². The molecule has 0 aromatic carbocycles. The van der Waals surface area contributed by atoms with E-state index in [0.29, 0.717) is 11.3 Å². The van der Waals surface area contributed by atoms with Gasteiger partial charge in [0, 0.05) is 36.7 Å². The molecule has 6 atom stereocenters. The minimum absolute atomic E-state index is 0.00699. The number of ether oxygens (including phenoxy) is 2. The molecule has 2 fully saturated rings. The van der Waals surface area contributed by atoms with Crippen molar-refractivity contribution < 1.29 is 33.8 Å². The molecule has 1 N–H and O–H groups in total. The number of carbonyl (C=O) groups is 4. The lowest BCUT2D eigenvalue weighted by Gasteiger charge is -2.46. The highest BCUT2D eigenvalue weighted by Crippen LogP contribution is 2.52. The summed E-state index contributed by atoms with van der Waals surface area (Å²) in [5.74, 6) is -2.02. The molecule has 10 nitrogen and oxygen atoms in total. The summed E-state index contributed by atoms with van der Waals surface area (Å²) in [5, 5.41) is 9.93. The Balaban J connectivity index is 1.89. The number of likely N-dealkylation sites (tertiary alicyclic amines) is 1. The molecule has 3 aliphatic rings. The number of β-lactam (4-membered cyclic amide) rings is 1. The number of hydrogen-bond donors (Lipinski definition) is 1. The Labute approximate surface area is 209 Å². The first-order chi connectivity index (χ1) is 16.5. The first kappa shape index (κ1) is 26.8. The van der Waals surface area contributed by atoms with Gasteiger partial charge in [0.05, 0.1) is 18.1 Å². The van der Waals surface area contributed by atoms with Crippen LogP contribution in [0.4, 0.5) is 4.79 Å². The van der Waals surface area contributed by atoms with Gasteiger partial charge in [-0.3, -0.25) is 14.5 Å². The third kappa shape index (κ3) is 4.97. The van der Waals surface area contributed by atoms with Crippen molar-refractivity contribution in [2.24, 2.45) is 11.8 Å². The fraction of sp³-hybridized carbons (Fsp3) is 0.583. The van der Waals surface area contributed by atoms with Crippen LogP contribution in [-0.4, -0.2) is 101 Å². The molecule has 35 heavy (non-hydrogen) atoms. The summed E-state index contributed by atoms with van der Waals surface area (Å²) in [6, 6.07) is -1.07. The molecule has 11 heteroatoms. The van der Waals surface area contributed by atoms with Gasteiger partial charge < -0.3 is 24.4 Å². The average molecular weight is 508 g/mol. The van der Waals surface area contributed by atoms with Crippen LogP contribution in [0.25, 0.3) is 0 Å². The molecular weight excluding hydrogens is 474 g/mol. The summed E-state index contributed by atoms with van der Waals surface area (Å²) in [6.45, 7) is 10.8.